The number of carbonyl (C=O) groups excluding carboxylic acids is 1. The first-order valence-electron chi connectivity index (χ1n) is 11.6. The summed E-state index contributed by atoms with van der Waals surface area (Å²) in [5.41, 5.74) is 3.26. The molecule has 0 amide bonds. The highest BCUT2D eigenvalue weighted by molar-refractivity contribution is 5.89. The van der Waals surface area contributed by atoms with Crippen molar-refractivity contribution in [2.75, 3.05) is 13.7 Å². The Morgan fingerprint density at radius 2 is 1.88 bits per heavy atom. The standard InChI is InChI=1S/C27H42O5/c1-8-22-16-20(5)24(29)12-10-9-11-23(17-28)27(30)32-25(18(2)3)14-13-19(4)15-21(6)26(22)31-7/h9-11,13,15-16,18,22,24-26,28-29H,8,12,14,17H2,1-7H3. The molecule has 0 bridgehead atoms. The minimum absolute atomic E-state index is 0.0892. The van der Waals surface area contributed by atoms with Crippen molar-refractivity contribution >= 4 is 5.97 Å². The summed E-state index contributed by atoms with van der Waals surface area (Å²) in [6, 6.07) is 0. The van der Waals surface area contributed by atoms with Gasteiger partial charge in [0.1, 0.15) is 6.10 Å². The summed E-state index contributed by atoms with van der Waals surface area (Å²) in [4.78, 5) is 12.6. The van der Waals surface area contributed by atoms with Gasteiger partial charge >= 0.3 is 5.97 Å². The van der Waals surface area contributed by atoms with Crippen molar-refractivity contribution in [2.24, 2.45) is 11.8 Å². The fraction of sp³-hybridized carbons (Fsp3) is 0.593. The van der Waals surface area contributed by atoms with Gasteiger partial charge in [-0.25, -0.2) is 4.79 Å². The quantitative estimate of drug-likeness (QED) is 0.466. The molecule has 0 saturated carbocycles. The van der Waals surface area contributed by atoms with Crippen LogP contribution in [0.25, 0.3) is 0 Å². The average molecular weight is 447 g/mol. The van der Waals surface area contributed by atoms with E-state index in [1.54, 1.807) is 25.3 Å². The Kier molecular flexibility index (Phi) is 12.5. The molecule has 1 aliphatic rings. The van der Waals surface area contributed by atoms with Gasteiger partial charge in [0.15, 0.2) is 0 Å². The van der Waals surface area contributed by atoms with Gasteiger partial charge in [0.05, 0.1) is 24.4 Å². The third-order valence-corrected chi connectivity index (χ3v) is 5.92. The highest BCUT2D eigenvalue weighted by Gasteiger charge is 2.22. The van der Waals surface area contributed by atoms with E-state index in [0.29, 0.717) is 12.8 Å². The van der Waals surface area contributed by atoms with Crippen molar-refractivity contribution in [3.63, 3.8) is 0 Å². The topological polar surface area (TPSA) is 76.0 Å². The summed E-state index contributed by atoms with van der Waals surface area (Å²) in [6.45, 7) is 11.8. The molecule has 5 heteroatoms. The van der Waals surface area contributed by atoms with Crippen LogP contribution in [-0.2, 0) is 14.3 Å². The first kappa shape index (κ1) is 28.1. The van der Waals surface area contributed by atoms with Crippen LogP contribution in [0.4, 0.5) is 0 Å². The van der Waals surface area contributed by atoms with Crippen molar-refractivity contribution in [1.82, 2.24) is 0 Å². The molecule has 1 heterocycles. The molecule has 0 aliphatic carbocycles. The van der Waals surface area contributed by atoms with Crippen LogP contribution in [0.5, 0.6) is 0 Å². The van der Waals surface area contributed by atoms with Crippen LogP contribution in [-0.4, -0.2) is 48.2 Å². The third-order valence-electron chi connectivity index (χ3n) is 5.92. The number of cyclic esters (lactones) is 1. The highest BCUT2D eigenvalue weighted by Crippen LogP contribution is 2.25. The molecular weight excluding hydrogens is 404 g/mol. The Bertz CT molecular complexity index is 754. The molecule has 0 radical (unpaired) electrons. The fourth-order valence-electron chi connectivity index (χ4n) is 3.80. The van der Waals surface area contributed by atoms with Crippen LogP contribution in [0, 0.1) is 11.8 Å². The molecule has 0 aromatic carbocycles. The summed E-state index contributed by atoms with van der Waals surface area (Å²) in [7, 11) is 1.72. The van der Waals surface area contributed by atoms with Crippen molar-refractivity contribution in [3.05, 3.63) is 58.7 Å². The van der Waals surface area contributed by atoms with E-state index >= 15 is 0 Å². The van der Waals surface area contributed by atoms with Crippen LogP contribution in [0.15, 0.2) is 58.7 Å². The lowest BCUT2D eigenvalue weighted by Crippen LogP contribution is -2.25. The number of aliphatic hydroxyl groups is 2. The van der Waals surface area contributed by atoms with Gasteiger partial charge in [0.25, 0.3) is 0 Å². The van der Waals surface area contributed by atoms with Crippen LogP contribution in [0.2, 0.25) is 0 Å². The maximum atomic E-state index is 12.6. The SMILES string of the molecule is CCC1C=C(C)C(O)CC=CC=C(CO)C(=O)OC(C(C)C)CC=C(C)C=C(C)C1OC. The summed E-state index contributed by atoms with van der Waals surface area (Å²) in [5, 5.41) is 20.2. The maximum absolute atomic E-state index is 12.6. The second-order valence-corrected chi connectivity index (χ2v) is 8.93. The van der Waals surface area contributed by atoms with Crippen LogP contribution >= 0.6 is 0 Å². The van der Waals surface area contributed by atoms with Gasteiger partial charge in [-0.05, 0) is 56.8 Å². The number of carbonyl (C=O) groups is 1. The first-order chi connectivity index (χ1) is 15.1. The van der Waals surface area contributed by atoms with Gasteiger partial charge in [-0.3, -0.25) is 0 Å². The molecule has 32 heavy (non-hydrogen) atoms. The zero-order chi connectivity index (χ0) is 24.3. The Labute approximate surface area is 194 Å². The second-order valence-electron chi connectivity index (χ2n) is 8.93. The fourth-order valence-corrected chi connectivity index (χ4v) is 3.80. The molecule has 0 saturated heterocycles. The Balaban J connectivity index is 3.41. The highest BCUT2D eigenvalue weighted by atomic mass is 16.5. The normalized spacial score (nSPS) is 27.0. The molecule has 0 aromatic rings. The van der Waals surface area contributed by atoms with Gasteiger partial charge in [-0.1, -0.05) is 56.7 Å². The minimum atomic E-state index is -0.633. The predicted octanol–water partition coefficient (Wildman–Crippen LogP) is 5.06. The largest absolute Gasteiger partial charge is 0.458 e. The van der Waals surface area contributed by atoms with Gasteiger partial charge < -0.3 is 19.7 Å². The van der Waals surface area contributed by atoms with Gasteiger partial charge in [-0.15, -0.1) is 0 Å². The smallest absolute Gasteiger partial charge is 0.336 e. The number of allylic oxidation sites excluding steroid dienone is 4. The molecule has 5 nitrogen and oxygen atoms in total. The van der Waals surface area contributed by atoms with Gasteiger partial charge in [-0.2, -0.15) is 0 Å². The number of methoxy groups -OCH3 is 1. The van der Waals surface area contributed by atoms with Crippen molar-refractivity contribution in [3.8, 4) is 0 Å². The van der Waals surface area contributed by atoms with Crippen LogP contribution in [0.3, 0.4) is 0 Å². The van der Waals surface area contributed by atoms with Crippen molar-refractivity contribution < 1.29 is 24.5 Å². The lowest BCUT2D eigenvalue weighted by atomic mass is 9.89. The number of hydrogen-bond acceptors (Lipinski definition) is 5. The van der Waals surface area contributed by atoms with Gasteiger partial charge in [0.2, 0.25) is 0 Å². The number of aliphatic hydroxyl groups excluding tert-OH is 2. The summed E-state index contributed by atoms with van der Waals surface area (Å²) in [5.74, 6) is -0.239. The van der Waals surface area contributed by atoms with Crippen LogP contribution in [0.1, 0.15) is 60.8 Å². The lowest BCUT2D eigenvalue weighted by Gasteiger charge is -2.25. The Morgan fingerprint density at radius 3 is 2.44 bits per heavy atom. The third kappa shape index (κ3) is 8.89. The number of hydrogen-bond donors (Lipinski definition) is 2. The van der Waals surface area contributed by atoms with E-state index in [9.17, 15) is 15.0 Å². The number of esters is 1. The van der Waals surface area contributed by atoms with E-state index in [1.807, 2.05) is 27.7 Å². The van der Waals surface area contributed by atoms with E-state index in [0.717, 1.165) is 23.1 Å². The van der Waals surface area contributed by atoms with Gasteiger partial charge in [0, 0.05) is 19.4 Å². The maximum Gasteiger partial charge on any atom is 0.336 e. The number of ether oxygens (including phenoxy) is 2. The zero-order valence-electron chi connectivity index (χ0n) is 20.8. The minimum Gasteiger partial charge on any atom is -0.458 e. The molecule has 4 atom stereocenters. The van der Waals surface area contributed by atoms with Crippen LogP contribution < -0.4 is 0 Å². The Morgan fingerprint density at radius 1 is 1.19 bits per heavy atom. The molecular formula is C27H42O5. The molecule has 1 rings (SSSR count). The molecule has 0 spiro atoms. The van der Waals surface area contributed by atoms with E-state index in [2.05, 4.69) is 32.1 Å². The first-order valence-corrected chi connectivity index (χ1v) is 11.6. The molecule has 2 N–H and O–H groups in total. The predicted molar refractivity (Wildman–Crippen MR) is 130 cm³/mol. The van der Waals surface area contributed by atoms with Crippen molar-refractivity contribution in [1.29, 1.82) is 0 Å². The molecule has 1 aliphatic heterocycles. The van der Waals surface area contributed by atoms with E-state index < -0.39 is 18.7 Å². The molecule has 180 valence electrons. The summed E-state index contributed by atoms with van der Waals surface area (Å²) in [6.07, 6.45) is 12.2. The monoisotopic (exact) mass is 446 g/mol. The molecule has 0 aromatic heterocycles. The van der Waals surface area contributed by atoms with Crippen molar-refractivity contribution in [2.45, 2.75) is 79.1 Å². The molecule has 0 fully saturated rings. The second kappa shape index (κ2) is 14.2. The van der Waals surface area contributed by atoms with E-state index in [1.165, 1.54) is 0 Å². The van der Waals surface area contributed by atoms with E-state index in [-0.39, 0.29) is 29.6 Å². The Hall–Kier alpha value is -1.95. The average Bonchev–Trinajstić information content (AvgIpc) is 2.74. The zero-order valence-corrected chi connectivity index (χ0v) is 20.8. The van der Waals surface area contributed by atoms with E-state index in [4.69, 9.17) is 9.47 Å². The molecule has 4 unspecified atom stereocenters. The lowest BCUT2D eigenvalue weighted by molar-refractivity contribution is -0.146. The summed E-state index contributed by atoms with van der Waals surface area (Å²) < 4.78 is 11.5. The summed E-state index contributed by atoms with van der Waals surface area (Å²) >= 11 is 0. The number of rotatable bonds is 4.